The smallest absolute Gasteiger partial charge is 0.0808 e. The Morgan fingerprint density at radius 1 is 1.19 bits per heavy atom. The van der Waals surface area contributed by atoms with Crippen LogP contribution in [0.5, 0.6) is 0 Å². The van der Waals surface area contributed by atoms with Crippen molar-refractivity contribution in [3.63, 3.8) is 0 Å². The summed E-state index contributed by atoms with van der Waals surface area (Å²) in [5.74, 6) is 0. The Hall–Kier alpha value is -1.08. The van der Waals surface area contributed by atoms with E-state index in [4.69, 9.17) is 4.74 Å². The van der Waals surface area contributed by atoms with Crippen LogP contribution < -0.4 is 0 Å². The molecule has 1 rings (SSSR count). The van der Waals surface area contributed by atoms with Crippen LogP contribution in [-0.2, 0) is 11.2 Å². The third-order valence-corrected chi connectivity index (χ3v) is 2.34. The van der Waals surface area contributed by atoms with E-state index < -0.39 is 0 Å². The molecule has 0 fully saturated rings. The molecule has 0 aliphatic carbocycles. The molecule has 1 aromatic rings. The Morgan fingerprint density at radius 3 is 2.38 bits per heavy atom. The van der Waals surface area contributed by atoms with Crippen molar-refractivity contribution in [2.24, 2.45) is 0 Å². The van der Waals surface area contributed by atoms with Gasteiger partial charge in [0.2, 0.25) is 0 Å². The first-order chi connectivity index (χ1) is 7.49. The van der Waals surface area contributed by atoms with Crippen LogP contribution in [0.2, 0.25) is 0 Å². The van der Waals surface area contributed by atoms with E-state index in [1.54, 1.807) is 0 Å². The Balaban J connectivity index is 2.39. The minimum atomic E-state index is -0.159. The molecule has 0 saturated carbocycles. The second-order valence-electron chi connectivity index (χ2n) is 4.91. The van der Waals surface area contributed by atoms with Crippen molar-refractivity contribution in [1.82, 2.24) is 0 Å². The maximum Gasteiger partial charge on any atom is 0.0808 e. The van der Waals surface area contributed by atoms with E-state index in [-0.39, 0.29) is 5.60 Å². The molecule has 1 nitrogen and oxygen atoms in total. The van der Waals surface area contributed by atoms with Gasteiger partial charge in [0.25, 0.3) is 0 Å². The van der Waals surface area contributed by atoms with Gasteiger partial charge in [-0.2, -0.15) is 0 Å². The van der Waals surface area contributed by atoms with E-state index in [2.05, 4.69) is 58.0 Å². The third-order valence-electron chi connectivity index (χ3n) is 2.34. The van der Waals surface area contributed by atoms with Crippen molar-refractivity contribution in [3.05, 3.63) is 47.5 Å². The molecule has 0 aromatic heterocycles. The van der Waals surface area contributed by atoms with Gasteiger partial charge in [-0.3, -0.25) is 0 Å². The Bertz CT molecular complexity index is 332. The molecule has 0 unspecified atom stereocenters. The molecule has 1 heteroatoms. The molecule has 0 saturated heterocycles. The van der Waals surface area contributed by atoms with Crippen LogP contribution >= 0.6 is 0 Å². The summed E-state index contributed by atoms with van der Waals surface area (Å²) in [4.78, 5) is 0. The fraction of sp³-hybridized carbons (Fsp3) is 0.467. The average molecular weight is 218 g/mol. The largest absolute Gasteiger partial charge is 0.371 e. The molecular weight excluding hydrogens is 196 g/mol. The zero-order valence-corrected chi connectivity index (χ0v) is 10.8. The summed E-state index contributed by atoms with van der Waals surface area (Å²) in [5.41, 5.74) is 2.47. The van der Waals surface area contributed by atoms with Crippen molar-refractivity contribution in [2.75, 3.05) is 6.61 Å². The molecule has 0 amide bonds. The highest BCUT2D eigenvalue weighted by Crippen LogP contribution is 2.14. The van der Waals surface area contributed by atoms with Gasteiger partial charge in [0.05, 0.1) is 12.2 Å². The summed E-state index contributed by atoms with van der Waals surface area (Å²) in [6.45, 7) is 9.17. The zero-order valence-electron chi connectivity index (χ0n) is 10.8. The SMILES string of the molecule is CC(C)=CC(C)(C)OCCc1ccccc1. The predicted octanol–water partition coefficient (Wildman–Crippen LogP) is 3.99. The van der Waals surface area contributed by atoms with E-state index in [0.717, 1.165) is 13.0 Å². The highest BCUT2D eigenvalue weighted by Gasteiger charge is 2.13. The van der Waals surface area contributed by atoms with Crippen molar-refractivity contribution in [2.45, 2.75) is 39.7 Å². The van der Waals surface area contributed by atoms with Crippen LogP contribution in [0.25, 0.3) is 0 Å². The summed E-state index contributed by atoms with van der Waals surface area (Å²) in [5, 5.41) is 0. The van der Waals surface area contributed by atoms with Gasteiger partial charge in [0.1, 0.15) is 0 Å². The summed E-state index contributed by atoms with van der Waals surface area (Å²) in [6.07, 6.45) is 3.14. The summed E-state index contributed by atoms with van der Waals surface area (Å²) < 4.78 is 5.87. The molecule has 0 N–H and O–H groups in total. The van der Waals surface area contributed by atoms with Gasteiger partial charge in [-0.1, -0.05) is 42.0 Å². The molecule has 0 atom stereocenters. The fourth-order valence-corrected chi connectivity index (χ4v) is 1.81. The second kappa shape index (κ2) is 5.86. The lowest BCUT2D eigenvalue weighted by atomic mass is 10.1. The van der Waals surface area contributed by atoms with Gasteiger partial charge in [-0.05, 0) is 39.7 Å². The van der Waals surface area contributed by atoms with E-state index in [1.807, 2.05) is 6.07 Å². The molecule has 0 heterocycles. The van der Waals surface area contributed by atoms with E-state index in [0.29, 0.717) is 0 Å². The minimum Gasteiger partial charge on any atom is -0.371 e. The van der Waals surface area contributed by atoms with Gasteiger partial charge in [0, 0.05) is 0 Å². The summed E-state index contributed by atoms with van der Waals surface area (Å²) in [7, 11) is 0. The molecule has 0 spiro atoms. The topological polar surface area (TPSA) is 9.23 Å². The lowest BCUT2D eigenvalue weighted by molar-refractivity contribution is 0.0211. The van der Waals surface area contributed by atoms with Crippen LogP contribution in [0.4, 0.5) is 0 Å². The normalized spacial score (nSPS) is 11.2. The number of rotatable bonds is 5. The lowest BCUT2D eigenvalue weighted by Gasteiger charge is -2.22. The van der Waals surface area contributed by atoms with Gasteiger partial charge in [0.15, 0.2) is 0 Å². The highest BCUT2D eigenvalue weighted by atomic mass is 16.5. The van der Waals surface area contributed by atoms with E-state index >= 15 is 0 Å². The molecule has 16 heavy (non-hydrogen) atoms. The van der Waals surface area contributed by atoms with Crippen molar-refractivity contribution in [3.8, 4) is 0 Å². The van der Waals surface area contributed by atoms with Gasteiger partial charge < -0.3 is 4.74 Å². The lowest BCUT2D eigenvalue weighted by Crippen LogP contribution is -2.23. The van der Waals surface area contributed by atoms with Crippen LogP contribution in [0, 0.1) is 0 Å². The number of benzene rings is 1. The van der Waals surface area contributed by atoms with E-state index in [1.165, 1.54) is 11.1 Å². The first-order valence-electron chi connectivity index (χ1n) is 5.83. The molecular formula is C15H22O. The third kappa shape index (κ3) is 5.13. The Kier molecular flexibility index (Phi) is 4.75. The standard InChI is InChI=1S/C15H22O/c1-13(2)12-15(3,4)16-11-10-14-8-6-5-7-9-14/h5-9,12H,10-11H2,1-4H3. The second-order valence-corrected chi connectivity index (χ2v) is 4.91. The highest BCUT2D eigenvalue weighted by molar-refractivity contribution is 5.14. The monoisotopic (exact) mass is 218 g/mol. The van der Waals surface area contributed by atoms with E-state index in [9.17, 15) is 0 Å². The van der Waals surface area contributed by atoms with Crippen LogP contribution in [-0.4, -0.2) is 12.2 Å². The Labute approximate surface area is 99.1 Å². The van der Waals surface area contributed by atoms with Crippen molar-refractivity contribution in [1.29, 1.82) is 0 Å². The van der Waals surface area contributed by atoms with Gasteiger partial charge in [-0.15, -0.1) is 0 Å². The number of hydrogen-bond donors (Lipinski definition) is 0. The quantitative estimate of drug-likeness (QED) is 0.679. The molecule has 0 bridgehead atoms. The minimum absolute atomic E-state index is 0.159. The average Bonchev–Trinajstić information content (AvgIpc) is 2.16. The Morgan fingerprint density at radius 2 is 1.81 bits per heavy atom. The molecule has 0 aliphatic heterocycles. The maximum atomic E-state index is 5.87. The van der Waals surface area contributed by atoms with Gasteiger partial charge in [-0.25, -0.2) is 0 Å². The van der Waals surface area contributed by atoms with Crippen LogP contribution in [0.15, 0.2) is 42.0 Å². The number of ether oxygens (including phenoxy) is 1. The zero-order chi connectivity index (χ0) is 12.0. The maximum absolute atomic E-state index is 5.87. The summed E-state index contributed by atoms with van der Waals surface area (Å²) in [6, 6.07) is 10.4. The van der Waals surface area contributed by atoms with Crippen LogP contribution in [0.3, 0.4) is 0 Å². The fourth-order valence-electron chi connectivity index (χ4n) is 1.81. The van der Waals surface area contributed by atoms with Crippen LogP contribution in [0.1, 0.15) is 33.3 Å². The number of hydrogen-bond acceptors (Lipinski definition) is 1. The first kappa shape index (κ1) is 13.0. The van der Waals surface area contributed by atoms with Crippen molar-refractivity contribution < 1.29 is 4.74 Å². The molecule has 1 aromatic carbocycles. The molecule has 0 radical (unpaired) electrons. The van der Waals surface area contributed by atoms with Gasteiger partial charge >= 0.3 is 0 Å². The summed E-state index contributed by atoms with van der Waals surface area (Å²) >= 11 is 0. The molecule has 0 aliphatic rings. The first-order valence-corrected chi connectivity index (χ1v) is 5.83. The number of allylic oxidation sites excluding steroid dienone is 1. The molecule has 88 valence electrons. The predicted molar refractivity (Wildman–Crippen MR) is 69.6 cm³/mol. The van der Waals surface area contributed by atoms with Crippen molar-refractivity contribution >= 4 is 0 Å².